The molecule has 1 unspecified atom stereocenters. The van der Waals surface area contributed by atoms with Crippen LogP contribution in [0, 0.1) is 28.5 Å². The van der Waals surface area contributed by atoms with Crippen molar-refractivity contribution in [2.75, 3.05) is 12.4 Å². The number of hydrogen-bond acceptors (Lipinski definition) is 4. The van der Waals surface area contributed by atoms with Gasteiger partial charge in [-0.2, -0.15) is 10.5 Å². The quantitative estimate of drug-likeness (QED) is 0.932. The molecule has 1 N–H and O–H groups in total. The highest BCUT2D eigenvalue weighted by Crippen LogP contribution is 2.22. The van der Waals surface area contributed by atoms with E-state index >= 15 is 0 Å². The third-order valence-electron chi connectivity index (χ3n) is 2.97. The van der Waals surface area contributed by atoms with E-state index in [2.05, 4.69) is 11.4 Å². The minimum Gasteiger partial charge on any atom is -0.497 e. The van der Waals surface area contributed by atoms with E-state index in [1.807, 2.05) is 0 Å². The first kappa shape index (κ1) is 14.4. The Kier molecular flexibility index (Phi) is 4.38. The van der Waals surface area contributed by atoms with Crippen LogP contribution in [-0.4, -0.2) is 7.11 Å². The van der Waals surface area contributed by atoms with Crippen molar-refractivity contribution in [2.24, 2.45) is 0 Å². The number of rotatable bonds is 4. The van der Waals surface area contributed by atoms with E-state index in [0.717, 1.165) is 5.69 Å². The molecule has 0 aromatic heterocycles. The summed E-state index contributed by atoms with van der Waals surface area (Å²) in [6.45, 7) is 0. The lowest BCUT2D eigenvalue weighted by Crippen LogP contribution is -2.09. The minimum absolute atomic E-state index is 0.0794. The molecule has 5 heteroatoms. The number of methoxy groups -OCH3 is 1. The Morgan fingerprint density at radius 3 is 2.43 bits per heavy atom. The highest BCUT2D eigenvalue weighted by Gasteiger charge is 2.13. The van der Waals surface area contributed by atoms with Crippen LogP contribution in [0.2, 0.25) is 0 Å². The van der Waals surface area contributed by atoms with E-state index < -0.39 is 11.9 Å². The van der Waals surface area contributed by atoms with Gasteiger partial charge in [-0.15, -0.1) is 0 Å². The molecule has 0 aliphatic rings. The van der Waals surface area contributed by atoms with E-state index in [0.29, 0.717) is 11.3 Å². The molecule has 104 valence electrons. The SMILES string of the molecule is COc1ccc(NC(C#N)c2ccc(F)c(C#N)c2)cc1. The first-order chi connectivity index (χ1) is 10.2. The predicted octanol–water partition coefficient (Wildman–Crippen LogP) is 3.38. The number of nitrogens with zero attached hydrogens (tertiary/aromatic N) is 2. The zero-order valence-electron chi connectivity index (χ0n) is 11.3. The standard InChI is InChI=1S/C16H12FN3O/c1-21-14-5-3-13(4-6-14)20-16(10-19)11-2-7-15(17)12(8-11)9-18/h2-8,16,20H,1H3. The Bertz CT molecular complexity index is 714. The van der Waals surface area contributed by atoms with Crippen molar-refractivity contribution in [3.8, 4) is 17.9 Å². The normalized spacial score (nSPS) is 11.0. The Balaban J connectivity index is 2.24. The molecule has 0 saturated carbocycles. The van der Waals surface area contributed by atoms with Crippen LogP contribution in [0.15, 0.2) is 42.5 Å². The van der Waals surface area contributed by atoms with Crippen LogP contribution in [0.4, 0.5) is 10.1 Å². The Labute approximate surface area is 122 Å². The first-order valence-corrected chi connectivity index (χ1v) is 6.17. The minimum atomic E-state index is -0.675. The van der Waals surface area contributed by atoms with Crippen molar-refractivity contribution in [1.82, 2.24) is 0 Å². The second-order valence-electron chi connectivity index (χ2n) is 4.29. The van der Waals surface area contributed by atoms with Crippen molar-refractivity contribution >= 4 is 5.69 Å². The number of anilines is 1. The van der Waals surface area contributed by atoms with Crippen LogP contribution in [0.1, 0.15) is 17.2 Å². The smallest absolute Gasteiger partial charge is 0.140 e. The van der Waals surface area contributed by atoms with Crippen LogP contribution in [-0.2, 0) is 0 Å². The van der Waals surface area contributed by atoms with Crippen LogP contribution in [0.5, 0.6) is 5.75 Å². The molecular weight excluding hydrogens is 269 g/mol. The van der Waals surface area contributed by atoms with Crippen molar-refractivity contribution in [3.63, 3.8) is 0 Å². The zero-order valence-corrected chi connectivity index (χ0v) is 11.3. The topological polar surface area (TPSA) is 68.8 Å². The van der Waals surface area contributed by atoms with Gasteiger partial charge in [0, 0.05) is 5.69 Å². The summed E-state index contributed by atoms with van der Waals surface area (Å²) in [7, 11) is 1.57. The molecule has 0 fully saturated rings. The molecule has 0 spiro atoms. The molecule has 21 heavy (non-hydrogen) atoms. The summed E-state index contributed by atoms with van der Waals surface area (Å²) in [5.74, 6) is 0.116. The highest BCUT2D eigenvalue weighted by atomic mass is 19.1. The number of nitriles is 2. The molecule has 2 aromatic carbocycles. The third-order valence-corrected chi connectivity index (χ3v) is 2.97. The van der Waals surface area contributed by atoms with Crippen molar-refractivity contribution in [3.05, 3.63) is 59.4 Å². The van der Waals surface area contributed by atoms with Gasteiger partial charge >= 0.3 is 0 Å². The van der Waals surface area contributed by atoms with Gasteiger partial charge in [0.05, 0.1) is 18.7 Å². The Morgan fingerprint density at radius 2 is 1.86 bits per heavy atom. The molecule has 1 atom stereocenters. The number of hydrogen-bond donors (Lipinski definition) is 1. The maximum atomic E-state index is 13.3. The predicted molar refractivity (Wildman–Crippen MR) is 76.1 cm³/mol. The average molecular weight is 281 g/mol. The molecule has 0 heterocycles. The van der Waals surface area contributed by atoms with E-state index in [1.165, 1.54) is 18.2 Å². The molecule has 0 bridgehead atoms. The molecule has 0 amide bonds. The second-order valence-corrected chi connectivity index (χ2v) is 4.29. The lowest BCUT2D eigenvalue weighted by atomic mass is 10.0. The number of ether oxygens (including phenoxy) is 1. The van der Waals surface area contributed by atoms with E-state index in [4.69, 9.17) is 10.00 Å². The zero-order chi connectivity index (χ0) is 15.2. The van der Waals surface area contributed by atoms with Gasteiger partial charge in [0.25, 0.3) is 0 Å². The first-order valence-electron chi connectivity index (χ1n) is 6.17. The molecule has 2 aromatic rings. The van der Waals surface area contributed by atoms with Gasteiger partial charge in [0.15, 0.2) is 0 Å². The maximum absolute atomic E-state index is 13.3. The molecule has 0 aliphatic heterocycles. The monoisotopic (exact) mass is 281 g/mol. The van der Waals surface area contributed by atoms with E-state index in [-0.39, 0.29) is 5.56 Å². The van der Waals surface area contributed by atoms with Gasteiger partial charge in [-0.3, -0.25) is 0 Å². The summed E-state index contributed by atoms with van der Waals surface area (Å²) in [5.41, 5.74) is 1.18. The summed E-state index contributed by atoms with van der Waals surface area (Å²) in [6, 6.07) is 14.3. The van der Waals surface area contributed by atoms with Crippen LogP contribution >= 0.6 is 0 Å². The van der Waals surface area contributed by atoms with Gasteiger partial charge in [-0.1, -0.05) is 6.07 Å². The molecule has 0 saturated heterocycles. The van der Waals surface area contributed by atoms with Gasteiger partial charge in [-0.25, -0.2) is 4.39 Å². The lowest BCUT2D eigenvalue weighted by molar-refractivity contribution is 0.415. The van der Waals surface area contributed by atoms with Gasteiger partial charge in [-0.05, 0) is 42.0 Å². The highest BCUT2D eigenvalue weighted by molar-refractivity contribution is 5.50. The largest absolute Gasteiger partial charge is 0.497 e. The Hall–Kier alpha value is -3.05. The Morgan fingerprint density at radius 1 is 1.14 bits per heavy atom. The van der Waals surface area contributed by atoms with E-state index in [1.54, 1.807) is 37.4 Å². The van der Waals surface area contributed by atoms with Crippen molar-refractivity contribution in [1.29, 1.82) is 10.5 Å². The average Bonchev–Trinajstić information content (AvgIpc) is 2.54. The van der Waals surface area contributed by atoms with E-state index in [9.17, 15) is 9.65 Å². The van der Waals surface area contributed by atoms with Crippen molar-refractivity contribution in [2.45, 2.75) is 6.04 Å². The van der Waals surface area contributed by atoms with Gasteiger partial charge in [0.1, 0.15) is 23.7 Å². The van der Waals surface area contributed by atoms with Crippen LogP contribution < -0.4 is 10.1 Å². The molecule has 0 radical (unpaired) electrons. The van der Waals surface area contributed by atoms with Crippen LogP contribution in [0.25, 0.3) is 0 Å². The fourth-order valence-corrected chi connectivity index (χ4v) is 1.85. The number of benzene rings is 2. The lowest BCUT2D eigenvalue weighted by Gasteiger charge is -2.14. The summed E-state index contributed by atoms with van der Waals surface area (Å²) < 4.78 is 18.4. The molecule has 2 rings (SSSR count). The summed E-state index contributed by atoms with van der Waals surface area (Å²) in [6.07, 6.45) is 0. The number of halogens is 1. The maximum Gasteiger partial charge on any atom is 0.140 e. The second kappa shape index (κ2) is 6.40. The fraction of sp³-hybridized carbons (Fsp3) is 0.125. The third kappa shape index (κ3) is 3.29. The molecular formula is C16H12FN3O. The van der Waals surface area contributed by atoms with Gasteiger partial charge < -0.3 is 10.1 Å². The number of nitrogens with one attached hydrogen (secondary N) is 1. The fourth-order valence-electron chi connectivity index (χ4n) is 1.85. The molecule has 4 nitrogen and oxygen atoms in total. The summed E-state index contributed by atoms with van der Waals surface area (Å²) in [4.78, 5) is 0. The summed E-state index contributed by atoms with van der Waals surface area (Å²) in [5, 5.41) is 21.1. The molecule has 0 aliphatic carbocycles. The van der Waals surface area contributed by atoms with Gasteiger partial charge in [0.2, 0.25) is 0 Å². The van der Waals surface area contributed by atoms with Crippen LogP contribution in [0.3, 0.4) is 0 Å². The van der Waals surface area contributed by atoms with Crippen molar-refractivity contribution < 1.29 is 9.13 Å². The summed E-state index contributed by atoms with van der Waals surface area (Å²) >= 11 is 0.